The van der Waals surface area contributed by atoms with Gasteiger partial charge in [0, 0.05) is 36.7 Å². The van der Waals surface area contributed by atoms with Gasteiger partial charge < -0.3 is 20.2 Å². The number of carbonyl (C=O) groups excluding carboxylic acids is 3. The van der Waals surface area contributed by atoms with Crippen molar-refractivity contribution in [2.24, 2.45) is 0 Å². The van der Waals surface area contributed by atoms with Crippen molar-refractivity contribution in [1.82, 2.24) is 25.1 Å². The molecule has 2 unspecified atom stereocenters. The topological polar surface area (TPSA) is 96.4 Å². The van der Waals surface area contributed by atoms with E-state index in [1.807, 2.05) is 44.2 Å². The predicted molar refractivity (Wildman–Crippen MR) is 160 cm³/mol. The van der Waals surface area contributed by atoms with Gasteiger partial charge in [0.05, 0.1) is 13.1 Å². The van der Waals surface area contributed by atoms with E-state index in [9.17, 15) is 28.3 Å². The van der Waals surface area contributed by atoms with Crippen molar-refractivity contribution in [2.75, 3.05) is 19.6 Å². The smallest absolute Gasteiger partial charge is 0.334 e. The molecule has 2 fully saturated rings. The van der Waals surface area contributed by atoms with Gasteiger partial charge in [0.1, 0.15) is 29.6 Å². The number of hydrazine groups is 1. The van der Waals surface area contributed by atoms with Crippen LogP contribution < -0.4 is 5.32 Å². The van der Waals surface area contributed by atoms with Crippen molar-refractivity contribution >= 4 is 17.8 Å². The Kier molecular flexibility index (Phi) is 8.68. The fraction of sp³-hybridized carbons (Fsp3) is 0.303. The molecule has 230 valence electrons. The van der Waals surface area contributed by atoms with Gasteiger partial charge in [-0.15, -0.1) is 6.58 Å². The molecule has 3 aromatic rings. The number of hydrogen-bond donors (Lipinski definition) is 2. The van der Waals surface area contributed by atoms with E-state index in [4.69, 9.17) is 0 Å². The first kappa shape index (κ1) is 30.7. The van der Waals surface area contributed by atoms with E-state index < -0.39 is 41.2 Å². The van der Waals surface area contributed by atoms with E-state index >= 15 is 0 Å². The molecule has 0 saturated carbocycles. The first-order valence-electron chi connectivity index (χ1n) is 14.3. The van der Waals surface area contributed by atoms with Crippen LogP contribution in [0.3, 0.4) is 0 Å². The minimum Gasteiger partial charge on any atom is -0.508 e. The molecular weight excluding hydrogens is 568 g/mol. The summed E-state index contributed by atoms with van der Waals surface area (Å²) in [7, 11) is 0. The first-order chi connectivity index (χ1) is 21.0. The highest BCUT2D eigenvalue weighted by molar-refractivity contribution is 5.92. The Labute approximate surface area is 254 Å². The van der Waals surface area contributed by atoms with Crippen LogP contribution >= 0.6 is 0 Å². The number of hydrogen-bond acceptors (Lipinski definition) is 5. The number of urea groups is 1. The Morgan fingerprint density at radius 2 is 1.77 bits per heavy atom. The lowest BCUT2D eigenvalue weighted by atomic mass is 9.75. The second-order valence-electron chi connectivity index (χ2n) is 11.5. The molecule has 0 radical (unpaired) electrons. The highest BCUT2D eigenvalue weighted by atomic mass is 19.1. The summed E-state index contributed by atoms with van der Waals surface area (Å²) in [4.78, 5) is 45.0. The maximum absolute atomic E-state index is 14.8. The average molecular weight is 604 g/mol. The van der Waals surface area contributed by atoms with Crippen LogP contribution in [0, 0.1) is 11.6 Å². The number of amides is 4. The Bertz CT molecular complexity index is 1550. The zero-order valence-electron chi connectivity index (χ0n) is 24.6. The van der Waals surface area contributed by atoms with Gasteiger partial charge in [0.15, 0.2) is 0 Å². The van der Waals surface area contributed by atoms with Gasteiger partial charge >= 0.3 is 6.03 Å². The second-order valence-corrected chi connectivity index (χ2v) is 11.5. The van der Waals surface area contributed by atoms with E-state index in [0.717, 1.165) is 17.7 Å². The van der Waals surface area contributed by atoms with Crippen LogP contribution in [0.5, 0.6) is 5.75 Å². The number of piperazine rings is 1. The molecule has 2 atom stereocenters. The van der Waals surface area contributed by atoms with E-state index in [0.29, 0.717) is 5.56 Å². The van der Waals surface area contributed by atoms with Crippen LogP contribution in [0.15, 0.2) is 85.5 Å². The van der Waals surface area contributed by atoms with E-state index in [2.05, 4.69) is 11.9 Å². The summed E-state index contributed by atoms with van der Waals surface area (Å²) in [6.45, 7) is 7.32. The molecule has 2 heterocycles. The van der Waals surface area contributed by atoms with Gasteiger partial charge in [-0.25, -0.2) is 23.6 Å². The molecular formula is C33H35F2N5O4. The average Bonchev–Trinajstić information content (AvgIpc) is 2.99. The predicted octanol–water partition coefficient (Wildman–Crippen LogP) is 4.14. The maximum Gasteiger partial charge on any atom is 0.334 e. The fourth-order valence-corrected chi connectivity index (χ4v) is 5.97. The van der Waals surface area contributed by atoms with Crippen LogP contribution in [-0.2, 0) is 28.1 Å². The van der Waals surface area contributed by atoms with Crippen LogP contribution in [0.1, 0.15) is 30.5 Å². The Morgan fingerprint density at radius 3 is 2.43 bits per heavy atom. The molecule has 0 aliphatic carbocycles. The molecule has 0 bridgehead atoms. The Hall–Kier alpha value is -4.77. The molecule has 9 nitrogen and oxygen atoms in total. The van der Waals surface area contributed by atoms with Crippen LogP contribution in [0.25, 0.3) is 0 Å². The molecule has 5 rings (SSSR count). The molecule has 0 aromatic heterocycles. The summed E-state index contributed by atoms with van der Waals surface area (Å²) < 4.78 is 28.5. The van der Waals surface area contributed by atoms with E-state index in [1.165, 1.54) is 33.0 Å². The molecule has 3 aromatic carbocycles. The molecule has 2 aliphatic heterocycles. The number of carbonyl (C=O) groups is 3. The van der Waals surface area contributed by atoms with Crippen molar-refractivity contribution in [1.29, 1.82) is 0 Å². The lowest BCUT2D eigenvalue weighted by molar-refractivity contribution is -0.194. The Morgan fingerprint density at radius 1 is 1.07 bits per heavy atom. The standard InChI is InChI=1S/C33H35F2N5O4/c1-4-16-38-21-29(42)39-28(40(38)32(44)36-18-22-8-6-5-7-9-22)20-37(19-23-10-13-25(34)17-27(23)35)31(43)30(39)33(2,3)24-11-14-26(41)15-12-24/h4-15,17,28,30,41H,1,16,18-21H2,2-3H3,(H,36,44). The van der Waals surface area contributed by atoms with Gasteiger partial charge in [0.2, 0.25) is 11.8 Å². The number of nitrogens with zero attached hydrogens (tertiary/aromatic N) is 4. The first-order valence-corrected chi connectivity index (χ1v) is 14.3. The largest absolute Gasteiger partial charge is 0.508 e. The molecule has 2 N–H and O–H groups in total. The van der Waals surface area contributed by atoms with Crippen molar-refractivity contribution in [3.05, 3.63) is 114 Å². The summed E-state index contributed by atoms with van der Waals surface area (Å²) in [5, 5.41) is 15.8. The highest BCUT2D eigenvalue weighted by Crippen LogP contribution is 2.38. The number of nitrogens with one attached hydrogen (secondary N) is 1. The Balaban J connectivity index is 1.57. The van der Waals surface area contributed by atoms with Gasteiger partial charge in [-0.1, -0.05) is 68.5 Å². The number of phenolic OH excluding ortho intramolecular Hbond substituents is 1. The highest BCUT2D eigenvalue weighted by Gasteiger charge is 2.56. The zero-order valence-corrected chi connectivity index (χ0v) is 24.6. The third kappa shape index (κ3) is 6.00. The third-order valence-electron chi connectivity index (χ3n) is 8.23. The van der Waals surface area contributed by atoms with Crippen LogP contribution in [0.4, 0.5) is 13.6 Å². The molecule has 0 spiro atoms. The minimum absolute atomic E-state index is 0.0428. The number of halogens is 2. The normalized spacial score (nSPS) is 19.1. The van der Waals surface area contributed by atoms with Gasteiger partial charge in [-0.3, -0.25) is 9.59 Å². The summed E-state index contributed by atoms with van der Waals surface area (Å²) in [5.74, 6) is -2.31. The number of fused-ring (bicyclic) bond motifs is 1. The molecule has 44 heavy (non-hydrogen) atoms. The van der Waals surface area contributed by atoms with Gasteiger partial charge in [-0.05, 0) is 29.3 Å². The van der Waals surface area contributed by atoms with E-state index in [-0.39, 0.29) is 49.9 Å². The molecule has 4 amide bonds. The monoisotopic (exact) mass is 603 g/mol. The summed E-state index contributed by atoms with van der Waals surface area (Å²) in [6, 6.07) is 17.3. The van der Waals surface area contributed by atoms with Crippen molar-refractivity contribution in [2.45, 2.75) is 44.6 Å². The van der Waals surface area contributed by atoms with Crippen molar-refractivity contribution < 1.29 is 28.3 Å². The second kappa shape index (κ2) is 12.5. The van der Waals surface area contributed by atoms with E-state index in [1.54, 1.807) is 23.2 Å². The van der Waals surface area contributed by atoms with Crippen molar-refractivity contribution in [3.8, 4) is 5.75 Å². The van der Waals surface area contributed by atoms with Gasteiger partial charge in [-0.2, -0.15) is 0 Å². The number of rotatable bonds is 8. The molecule has 2 aliphatic rings. The summed E-state index contributed by atoms with van der Waals surface area (Å²) in [6.07, 6.45) is 0.632. The summed E-state index contributed by atoms with van der Waals surface area (Å²) in [5.41, 5.74) is 0.633. The molecule has 11 heteroatoms. The number of aromatic hydroxyl groups is 1. The van der Waals surface area contributed by atoms with Gasteiger partial charge in [0.25, 0.3) is 0 Å². The summed E-state index contributed by atoms with van der Waals surface area (Å²) >= 11 is 0. The number of phenols is 1. The lowest BCUT2D eigenvalue weighted by Crippen LogP contribution is -2.78. The fourth-order valence-electron chi connectivity index (χ4n) is 5.97. The SMILES string of the molecule is C=CCN1CC(=O)N2C(CN(Cc3ccc(F)cc3F)C(=O)C2C(C)(C)c2ccc(O)cc2)N1C(=O)NCc1ccccc1. The molecule has 2 saturated heterocycles. The zero-order chi connectivity index (χ0) is 31.6. The lowest BCUT2D eigenvalue weighted by Gasteiger charge is -2.57. The van der Waals surface area contributed by atoms with Crippen molar-refractivity contribution in [3.63, 3.8) is 0 Å². The van der Waals surface area contributed by atoms with Crippen LogP contribution in [0.2, 0.25) is 0 Å². The minimum atomic E-state index is -1.10. The van der Waals surface area contributed by atoms with Crippen LogP contribution in [-0.4, -0.2) is 74.6 Å². The number of benzene rings is 3. The third-order valence-corrected chi connectivity index (χ3v) is 8.23. The quantitative estimate of drug-likeness (QED) is 0.378. The maximum atomic E-state index is 14.8.